The molecule has 11 heteroatoms. The van der Waals surface area contributed by atoms with Gasteiger partial charge in [0, 0.05) is 18.2 Å². The van der Waals surface area contributed by atoms with Crippen molar-refractivity contribution in [3.8, 4) is 17.2 Å². The number of carbonyl (C=O) groups is 2. The summed E-state index contributed by atoms with van der Waals surface area (Å²) in [6.07, 6.45) is 0. The topological polar surface area (TPSA) is 114 Å². The fourth-order valence-electron chi connectivity index (χ4n) is 4.37. The molecule has 2 amide bonds. The van der Waals surface area contributed by atoms with Gasteiger partial charge in [-0.05, 0) is 76.6 Å². The molecule has 0 saturated carbocycles. The van der Waals surface area contributed by atoms with Gasteiger partial charge in [0.05, 0.1) is 31.9 Å². The Morgan fingerprint density at radius 2 is 1.51 bits per heavy atom. The summed E-state index contributed by atoms with van der Waals surface area (Å²) in [4.78, 5) is 28.9. The first-order chi connectivity index (χ1) is 20.2. The highest BCUT2D eigenvalue weighted by Crippen LogP contribution is 2.36. The van der Waals surface area contributed by atoms with E-state index in [0.29, 0.717) is 17.1 Å². The third kappa shape index (κ3) is 8.41. The van der Waals surface area contributed by atoms with Gasteiger partial charge in [-0.2, -0.15) is 0 Å². The fourth-order valence-corrected chi connectivity index (χ4v) is 5.78. The molecule has 0 saturated heterocycles. The van der Waals surface area contributed by atoms with Crippen LogP contribution in [0.5, 0.6) is 17.2 Å². The summed E-state index contributed by atoms with van der Waals surface area (Å²) >= 11 is 0. The van der Waals surface area contributed by atoms with E-state index in [1.54, 1.807) is 49.4 Å². The predicted octanol–water partition coefficient (Wildman–Crippen LogP) is 4.55. The molecule has 1 N–H and O–H groups in total. The van der Waals surface area contributed by atoms with Gasteiger partial charge in [-0.25, -0.2) is 8.42 Å². The molecule has 0 aliphatic carbocycles. The molecule has 0 aromatic heterocycles. The SMILES string of the molecule is COc1cccc(CN(C(=O)CN(c2cc(OC)ccc2OC)S(=O)(=O)c2ccc(C)cc2)C(C)C(=O)NC(C)(C)C)c1. The molecule has 3 aromatic carbocycles. The highest BCUT2D eigenvalue weighted by atomic mass is 32.2. The van der Waals surface area contributed by atoms with Gasteiger partial charge >= 0.3 is 0 Å². The monoisotopic (exact) mass is 611 g/mol. The molecule has 1 unspecified atom stereocenters. The molecule has 10 nitrogen and oxygen atoms in total. The van der Waals surface area contributed by atoms with Gasteiger partial charge in [0.25, 0.3) is 10.0 Å². The first kappa shape index (κ1) is 33.3. The van der Waals surface area contributed by atoms with Crippen LogP contribution in [0.15, 0.2) is 71.6 Å². The maximum Gasteiger partial charge on any atom is 0.264 e. The second-order valence-corrected chi connectivity index (χ2v) is 13.0. The van der Waals surface area contributed by atoms with Gasteiger partial charge in [-0.1, -0.05) is 29.8 Å². The minimum Gasteiger partial charge on any atom is -0.497 e. The molecule has 0 fully saturated rings. The second kappa shape index (κ2) is 13.8. The van der Waals surface area contributed by atoms with Crippen molar-refractivity contribution >= 4 is 27.5 Å². The molecule has 0 aliphatic heterocycles. The number of methoxy groups -OCH3 is 3. The van der Waals surface area contributed by atoms with Gasteiger partial charge < -0.3 is 24.4 Å². The van der Waals surface area contributed by atoms with Crippen LogP contribution in [0.3, 0.4) is 0 Å². The Bertz CT molecular complexity index is 1530. The van der Waals surface area contributed by atoms with Crippen LogP contribution < -0.4 is 23.8 Å². The van der Waals surface area contributed by atoms with Crippen molar-refractivity contribution in [1.29, 1.82) is 0 Å². The number of amides is 2. The van der Waals surface area contributed by atoms with Gasteiger partial charge in [0.15, 0.2) is 0 Å². The first-order valence-corrected chi connectivity index (χ1v) is 15.2. The molecule has 1 atom stereocenters. The van der Waals surface area contributed by atoms with E-state index in [0.717, 1.165) is 9.87 Å². The largest absolute Gasteiger partial charge is 0.497 e. The smallest absolute Gasteiger partial charge is 0.264 e. The fraction of sp³-hybridized carbons (Fsp3) is 0.375. The van der Waals surface area contributed by atoms with Crippen LogP contribution in [0.2, 0.25) is 0 Å². The number of hydrogen-bond donors (Lipinski definition) is 1. The van der Waals surface area contributed by atoms with E-state index in [-0.39, 0.29) is 28.8 Å². The summed E-state index contributed by atoms with van der Waals surface area (Å²) in [7, 11) is 0.127. The van der Waals surface area contributed by atoms with Gasteiger partial charge in [-0.15, -0.1) is 0 Å². The molecular formula is C32H41N3O7S. The van der Waals surface area contributed by atoms with E-state index >= 15 is 0 Å². The van der Waals surface area contributed by atoms with Crippen LogP contribution in [0.25, 0.3) is 0 Å². The highest BCUT2D eigenvalue weighted by Gasteiger charge is 2.34. The number of benzene rings is 3. The van der Waals surface area contributed by atoms with E-state index in [2.05, 4.69) is 5.32 Å². The van der Waals surface area contributed by atoms with E-state index in [9.17, 15) is 18.0 Å². The minimum absolute atomic E-state index is 0.00589. The minimum atomic E-state index is -4.29. The lowest BCUT2D eigenvalue weighted by Gasteiger charge is -2.34. The normalized spacial score (nSPS) is 12.2. The lowest BCUT2D eigenvalue weighted by molar-refractivity contribution is -0.140. The predicted molar refractivity (Wildman–Crippen MR) is 166 cm³/mol. The number of rotatable bonds is 12. The van der Waals surface area contributed by atoms with Crippen LogP contribution in [0.1, 0.15) is 38.8 Å². The molecule has 232 valence electrons. The summed E-state index contributed by atoms with van der Waals surface area (Å²) in [6.45, 7) is 8.41. The average Bonchev–Trinajstić information content (AvgIpc) is 2.97. The molecular weight excluding hydrogens is 570 g/mol. The maximum absolute atomic E-state index is 14.2. The second-order valence-electron chi connectivity index (χ2n) is 11.2. The number of carbonyl (C=O) groups excluding carboxylic acids is 2. The lowest BCUT2D eigenvalue weighted by Crippen LogP contribution is -2.54. The zero-order valence-corrected chi connectivity index (χ0v) is 26.8. The van der Waals surface area contributed by atoms with Crippen LogP contribution in [0, 0.1) is 6.92 Å². The first-order valence-electron chi connectivity index (χ1n) is 13.8. The molecule has 0 radical (unpaired) electrons. The zero-order valence-electron chi connectivity index (χ0n) is 26.0. The van der Waals surface area contributed by atoms with Crippen LogP contribution in [0.4, 0.5) is 5.69 Å². The van der Waals surface area contributed by atoms with E-state index in [1.165, 1.54) is 44.4 Å². The summed E-state index contributed by atoms with van der Waals surface area (Å²) < 4.78 is 45.6. The Morgan fingerprint density at radius 3 is 2.09 bits per heavy atom. The lowest BCUT2D eigenvalue weighted by atomic mass is 10.1. The molecule has 0 spiro atoms. The van der Waals surface area contributed by atoms with Gasteiger partial charge in [0.2, 0.25) is 11.8 Å². The van der Waals surface area contributed by atoms with Crippen LogP contribution in [-0.4, -0.2) is 64.6 Å². The molecule has 3 aromatic rings. The highest BCUT2D eigenvalue weighted by molar-refractivity contribution is 7.92. The van der Waals surface area contributed by atoms with Gasteiger partial charge in [-0.3, -0.25) is 13.9 Å². The summed E-state index contributed by atoms with van der Waals surface area (Å²) in [5, 5.41) is 2.92. The Morgan fingerprint density at radius 1 is 0.884 bits per heavy atom. The number of nitrogens with zero attached hydrogens (tertiary/aromatic N) is 2. The molecule has 0 aliphatic rings. The van der Waals surface area contributed by atoms with Crippen molar-refractivity contribution in [3.05, 3.63) is 77.9 Å². The Labute approximate surface area is 254 Å². The molecule has 0 heterocycles. The number of aryl methyl sites for hydroxylation is 1. The molecule has 3 rings (SSSR count). The third-order valence-corrected chi connectivity index (χ3v) is 8.47. The number of hydrogen-bond acceptors (Lipinski definition) is 7. The number of anilines is 1. The van der Waals surface area contributed by atoms with Crippen LogP contribution >= 0.6 is 0 Å². The van der Waals surface area contributed by atoms with E-state index in [1.807, 2.05) is 33.8 Å². The van der Waals surface area contributed by atoms with Crippen molar-refractivity contribution in [3.63, 3.8) is 0 Å². The Balaban J connectivity index is 2.14. The van der Waals surface area contributed by atoms with E-state index in [4.69, 9.17) is 14.2 Å². The number of sulfonamides is 1. The summed E-state index contributed by atoms with van der Waals surface area (Å²) in [5.74, 6) is 0.206. The molecule has 43 heavy (non-hydrogen) atoms. The Hall–Kier alpha value is -4.25. The van der Waals surface area contributed by atoms with E-state index < -0.39 is 34.1 Å². The van der Waals surface area contributed by atoms with Crippen molar-refractivity contribution in [2.24, 2.45) is 0 Å². The molecule has 0 bridgehead atoms. The number of nitrogens with one attached hydrogen (secondary N) is 1. The quantitative estimate of drug-likeness (QED) is 0.320. The summed E-state index contributed by atoms with van der Waals surface area (Å²) in [6, 6.07) is 17.2. The maximum atomic E-state index is 14.2. The number of ether oxygens (including phenoxy) is 3. The zero-order chi connectivity index (χ0) is 31.9. The van der Waals surface area contributed by atoms with Gasteiger partial charge in [0.1, 0.15) is 29.8 Å². The van der Waals surface area contributed by atoms with Crippen molar-refractivity contribution in [1.82, 2.24) is 10.2 Å². The third-order valence-electron chi connectivity index (χ3n) is 6.70. The average molecular weight is 612 g/mol. The van der Waals surface area contributed by atoms with Crippen LogP contribution in [-0.2, 0) is 26.2 Å². The van der Waals surface area contributed by atoms with Crippen molar-refractivity contribution < 1.29 is 32.2 Å². The van der Waals surface area contributed by atoms with Crippen molar-refractivity contribution in [2.45, 2.75) is 57.6 Å². The standard InChI is InChI=1S/C32H41N3O7S/c1-22-12-15-27(16-13-22)43(38,39)35(28-19-26(41-7)14-17-29(28)42-8)21-30(36)34(23(2)31(37)33-32(3,4)5)20-24-10-9-11-25(18-24)40-6/h9-19,23H,20-21H2,1-8H3,(H,33,37). The Kier molecular flexibility index (Phi) is 10.7. The van der Waals surface area contributed by atoms with Crippen molar-refractivity contribution in [2.75, 3.05) is 32.2 Å². The summed E-state index contributed by atoms with van der Waals surface area (Å²) in [5.41, 5.74) is 1.15.